The Hall–Kier alpha value is -1.67. The van der Waals surface area contributed by atoms with Gasteiger partial charge in [-0.1, -0.05) is 6.92 Å². The van der Waals surface area contributed by atoms with Gasteiger partial charge in [-0.05, 0) is 12.1 Å². The van der Waals surface area contributed by atoms with Crippen LogP contribution in [0.3, 0.4) is 0 Å². The van der Waals surface area contributed by atoms with Crippen LogP contribution in [0.5, 0.6) is 0 Å². The van der Waals surface area contributed by atoms with Crippen molar-refractivity contribution in [2.45, 2.75) is 11.8 Å². The van der Waals surface area contributed by atoms with Gasteiger partial charge < -0.3 is 5.73 Å². The molecule has 0 aliphatic heterocycles. The number of rotatable bonds is 4. The van der Waals surface area contributed by atoms with Crippen LogP contribution in [-0.4, -0.2) is 19.9 Å². The van der Waals surface area contributed by atoms with Crippen LogP contribution < -0.4 is 10.5 Å². The van der Waals surface area contributed by atoms with Crippen molar-refractivity contribution in [2.75, 3.05) is 12.3 Å². The number of sulfonamides is 1. The molecule has 0 amide bonds. The quantitative estimate of drug-likeness (QED) is 0.454. The van der Waals surface area contributed by atoms with Crippen molar-refractivity contribution in [3.05, 3.63) is 28.3 Å². The minimum atomic E-state index is -3.85. The minimum absolute atomic E-state index is 0.141. The molecule has 0 fully saturated rings. The van der Waals surface area contributed by atoms with Crippen molar-refractivity contribution in [3.8, 4) is 0 Å². The Morgan fingerprint density at radius 1 is 1.50 bits per heavy atom. The lowest BCUT2D eigenvalue weighted by molar-refractivity contribution is -0.387. The second-order valence-electron chi connectivity index (χ2n) is 2.99. The van der Waals surface area contributed by atoms with Gasteiger partial charge in [0.1, 0.15) is 0 Å². The van der Waals surface area contributed by atoms with Crippen molar-refractivity contribution in [3.63, 3.8) is 0 Å². The van der Waals surface area contributed by atoms with Gasteiger partial charge in [0.05, 0.1) is 4.92 Å². The first-order valence-electron chi connectivity index (χ1n) is 4.42. The molecule has 16 heavy (non-hydrogen) atoms. The van der Waals surface area contributed by atoms with Gasteiger partial charge >= 0.3 is 0 Å². The van der Waals surface area contributed by atoms with E-state index in [0.29, 0.717) is 0 Å². The number of hydrogen-bond donors (Lipinski definition) is 2. The molecular formula is C8H11N3O4S. The van der Waals surface area contributed by atoms with E-state index < -0.39 is 20.6 Å². The van der Waals surface area contributed by atoms with Crippen molar-refractivity contribution < 1.29 is 13.3 Å². The van der Waals surface area contributed by atoms with Crippen LogP contribution in [0, 0.1) is 10.1 Å². The monoisotopic (exact) mass is 245 g/mol. The van der Waals surface area contributed by atoms with Gasteiger partial charge in [0.2, 0.25) is 10.0 Å². The highest BCUT2D eigenvalue weighted by Crippen LogP contribution is 2.25. The molecule has 0 spiro atoms. The van der Waals surface area contributed by atoms with E-state index in [1.807, 2.05) is 0 Å². The summed E-state index contributed by atoms with van der Waals surface area (Å²) in [6, 6.07) is 3.44. The normalized spacial score (nSPS) is 11.3. The molecule has 0 bridgehead atoms. The molecule has 0 radical (unpaired) electrons. The zero-order chi connectivity index (χ0) is 12.3. The molecule has 0 saturated carbocycles. The van der Waals surface area contributed by atoms with E-state index >= 15 is 0 Å². The van der Waals surface area contributed by atoms with Gasteiger partial charge in [0.15, 0.2) is 4.90 Å². The summed E-state index contributed by atoms with van der Waals surface area (Å²) in [5.41, 5.74) is 4.98. The van der Waals surface area contributed by atoms with Crippen LogP contribution in [0.2, 0.25) is 0 Å². The summed E-state index contributed by atoms with van der Waals surface area (Å²) in [6.45, 7) is 1.74. The van der Waals surface area contributed by atoms with Crippen LogP contribution in [0.15, 0.2) is 23.1 Å². The molecule has 1 rings (SSSR count). The molecule has 3 N–H and O–H groups in total. The fourth-order valence-corrected chi connectivity index (χ4v) is 2.36. The fourth-order valence-electron chi connectivity index (χ4n) is 1.17. The smallest absolute Gasteiger partial charge is 0.291 e. The number of nitrogens with two attached hydrogens (primary N) is 1. The second-order valence-corrected chi connectivity index (χ2v) is 4.72. The number of nitro groups is 1. The van der Waals surface area contributed by atoms with Crippen molar-refractivity contribution in [1.29, 1.82) is 0 Å². The number of nitrogen functional groups attached to an aromatic ring is 1. The van der Waals surface area contributed by atoms with Gasteiger partial charge in [-0.2, -0.15) is 0 Å². The molecule has 0 saturated heterocycles. The van der Waals surface area contributed by atoms with Gasteiger partial charge in [-0.25, -0.2) is 13.1 Å². The molecule has 0 unspecified atom stereocenters. The summed E-state index contributed by atoms with van der Waals surface area (Å²) in [5, 5.41) is 10.7. The lowest BCUT2D eigenvalue weighted by Crippen LogP contribution is -2.24. The summed E-state index contributed by atoms with van der Waals surface area (Å²) in [5.74, 6) is 0. The third-order valence-corrected chi connectivity index (χ3v) is 3.40. The molecule has 0 aliphatic rings. The Labute approximate surface area is 92.5 Å². The van der Waals surface area contributed by atoms with Gasteiger partial charge in [-0.3, -0.25) is 10.1 Å². The lowest BCUT2D eigenvalue weighted by atomic mass is 10.3. The SMILES string of the molecule is CCNS(=O)(=O)c1ccc(N)cc1[N+](=O)[O-]. The number of anilines is 1. The summed E-state index contributed by atoms with van der Waals surface area (Å²) in [7, 11) is -3.85. The van der Waals surface area contributed by atoms with Crippen molar-refractivity contribution >= 4 is 21.4 Å². The highest BCUT2D eigenvalue weighted by atomic mass is 32.2. The Morgan fingerprint density at radius 3 is 2.62 bits per heavy atom. The molecule has 0 aromatic heterocycles. The van der Waals surface area contributed by atoms with Gasteiger partial charge in [-0.15, -0.1) is 0 Å². The first kappa shape index (κ1) is 12.4. The predicted molar refractivity (Wildman–Crippen MR) is 58.4 cm³/mol. The molecule has 0 aliphatic carbocycles. The zero-order valence-electron chi connectivity index (χ0n) is 8.50. The van der Waals surface area contributed by atoms with E-state index in [1.54, 1.807) is 6.92 Å². The topological polar surface area (TPSA) is 115 Å². The molecule has 0 atom stereocenters. The third-order valence-electron chi connectivity index (χ3n) is 1.80. The van der Waals surface area contributed by atoms with E-state index in [9.17, 15) is 18.5 Å². The lowest BCUT2D eigenvalue weighted by Gasteiger charge is -2.05. The Bertz CT molecular complexity index is 512. The first-order chi connectivity index (χ1) is 7.38. The van der Waals surface area contributed by atoms with Crippen LogP contribution in [0.4, 0.5) is 11.4 Å². The summed E-state index contributed by atoms with van der Waals surface area (Å²) >= 11 is 0. The highest BCUT2D eigenvalue weighted by Gasteiger charge is 2.24. The molecule has 0 heterocycles. The number of benzene rings is 1. The second kappa shape index (κ2) is 4.45. The molecule has 88 valence electrons. The van der Waals surface area contributed by atoms with Gasteiger partial charge in [0, 0.05) is 18.3 Å². The predicted octanol–water partition coefficient (Wildman–Crippen LogP) is 0.475. The van der Waals surface area contributed by atoms with Gasteiger partial charge in [0.25, 0.3) is 5.69 Å². The summed E-state index contributed by atoms with van der Waals surface area (Å²) in [4.78, 5) is 9.52. The third kappa shape index (κ3) is 2.47. The summed E-state index contributed by atoms with van der Waals surface area (Å²) in [6.07, 6.45) is 0. The largest absolute Gasteiger partial charge is 0.399 e. The first-order valence-corrected chi connectivity index (χ1v) is 5.90. The maximum Gasteiger partial charge on any atom is 0.291 e. The van der Waals surface area contributed by atoms with Crippen LogP contribution in [-0.2, 0) is 10.0 Å². The average molecular weight is 245 g/mol. The average Bonchev–Trinajstić information content (AvgIpc) is 2.16. The number of nitro benzene ring substituents is 1. The Balaban J connectivity index is 3.39. The zero-order valence-corrected chi connectivity index (χ0v) is 9.32. The molecule has 7 nitrogen and oxygen atoms in total. The maximum atomic E-state index is 11.6. The van der Waals surface area contributed by atoms with E-state index in [2.05, 4.69) is 4.72 Å². The molecule has 8 heteroatoms. The minimum Gasteiger partial charge on any atom is -0.399 e. The molecule has 1 aromatic carbocycles. The van der Waals surface area contributed by atoms with E-state index in [4.69, 9.17) is 5.73 Å². The van der Waals surface area contributed by atoms with Crippen LogP contribution in [0.25, 0.3) is 0 Å². The maximum absolute atomic E-state index is 11.6. The van der Waals surface area contributed by atoms with Crippen molar-refractivity contribution in [2.24, 2.45) is 0 Å². The van der Waals surface area contributed by atoms with E-state index in [0.717, 1.165) is 12.1 Å². The number of nitrogens with one attached hydrogen (secondary N) is 1. The molecule has 1 aromatic rings. The van der Waals surface area contributed by atoms with Crippen LogP contribution in [0.1, 0.15) is 6.92 Å². The van der Waals surface area contributed by atoms with E-state index in [1.165, 1.54) is 6.07 Å². The number of nitrogens with zero attached hydrogens (tertiary/aromatic N) is 1. The highest BCUT2D eigenvalue weighted by molar-refractivity contribution is 7.89. The van der Waals surface area contributed by atoms with E-state index in [-0.39, 0.29) is 17.1 Å². The Kier molecular flexibility index (Phi) is 3.45. The standard InChI is InChI=1S/C8H11N3O4S/c1-2-10-16(14,15)8-4-3-6(9)5-7(8)11(12)13/h3-5,10H,2,9H2,1H3. The Morgan fingerprint density at radius 2 is 2.12 bits per heavy atom. The van der Waals surface area contributed by atoms with Crippen LogP contribution >= 0.6 is 0 Å². The summed E-state index contributed by atoms with van der Waals surface area (Å²) < 4.78 is 25.4. The molecular weight excluding hydrogens is 234 g/mol. The van der Waals surface area contributed by atoms with Crippen molar-refractivity contribution in [1.82, 2.24) is 4.72 Å². The fraction of sp³-hybridized carbons (Fsp3) is 0.250. The number of hydrogen-bond acceptors (Lipinski definition) is 5.